The molecule has 0 radical (unpaired) electrons. The first-order chi connectivity index (χ1) is 13.1. The molecule has 0 spiro atoms. The number of ether oxygens (including phenoxy) is 1. The largest absolute Gasteiger partial charge is 0.487 e. The number of fused-ring (bicyclic) bond motifs is 1. The average molecular weight is 381 g/mol. The summed E-state index contributed by atoms with van der Waals surface area (Å²) in [6.07, 6.45) is 0. The van der Waals surface area contributed by atoms with Gasteiger partial charge in [-0.3, -0.25) is 9.78 Å². The molecule has 8 heteroatoms. The maximum absolute atomic E-state index is 12.5. The van der Waals surface area contributed by atoms with E-state index in [1.165, 1.54) is 0 Å². The zero-order valence-electron chi connectivity index (χ0n) is 14.3. The van der Waals surface area contributed by atoms with E-state index in [2.05, 4.69) is 15.3 Å². The van der Waals surface area contributed by atoms with Crippen LogP contribution in [-0.4, -0.2) is 15.9 Å². The van der Waals surface area contributed by atoms with E-state index in [4.69, 9.17) is 9.15 Å². The van der Waals surface area contributed by atoms with Gasteiger partial charge in [0.2, 0.25) is 0 Å². The molecule has 136 valence electrons. The van der Waals surface area contributed by atoms with E-state index in [1.807, 2.05) is 12.3 Å². The number of amides is 1. The highest BCUT2D eigenvalue weighted by molar-refractivity contribution is 7.09. The first-order valence-electron chi connectivity index (χ1n) is 8.15. The van der Waals surface area contributed by atoms with Gasteiger partial charge >= 0.3 is 5.76 Å². The third-order valence-electron chi connectivity index (χ3n) is 3.83. The Labute approximate surface area is 157 Å². The number of aryl methyl sites for hydroxylation is 1. The summed E-state index contributed by atoms with van der Waals surface area (Å²) in [5, 5.41) is 5.73. The summed E-state index contributed by atoms with van der Waals surface area (Å²) in [7, 11) is 0. The van der Waals surface area contributed by atoms with Crippen molar-refractivity contribution in [2.75, 3.05) is 5.32 Å². The molecule has 1 amide bonds. The molecule has 0 atom stereocenters. The highest BCUT2D eigenvalue weighted by atomic mass is 32.1. The molecule has 0 fully saturated rings. The van der Waals surface area contributed by atoms with Crippen molar-refractivity contribution in [2.24, 2.45) is 0 Å². The molecule has 0 aliphatic heterocycles. The smallest absolute Gasteiger partial charge is 0.417 e. The maximum Gasteiger partial charge on any atom is 0.417 e. The molecule has 0 unspecified atom stereocenters. The van der Waals surface area contributed by atoms with Crippen LogP contribution < -0.4 is 15.8 Å². The van der Waals surface area contributed by atoms with Crippen LogP contribution in [-0.2, 0) is 6.61 Å². The molecule has 0 bridgehead atoms. The number of hydrogen-bond donors (Lipinski definition) is 2. The lowest BCUT2D eigenvalue weighted by Gasteiger charge is -2.08. The fraction of sp³-hybridized carbons (Fsp3) is 0.105. The van der Waals surface area contributed by atoms with E-state index in [-0.39, 0.29) is 5.91 Å². The third-order valence-corrected chi connectivity index (χ3v) is 4.65. The van der Waals surface area contributed by atoms with E-state index in [1.54, 1.807) is 53.8 Å². The number of carbonyl (C=O) groups is 1. The fourth-order valence-corrected chi connectivity index (χ4v) is 3.19. The van der Waals surface area contributed by atoms with Crippen molar-refractivity contribution >= 4 is 34.0 Å². The minimum atomic E-state index is -0.534. The van der Waals surface area contributed by atoms with Crippen LogP contribution in [0.25, 0.3) is 11.1 Å². The molecule has 2 heterocycles. The summed E-state index contributed by atoms with van der Waals surface area (Å²) in [5.74, 6) is -0.230. The lowest BCUT2D eigenvalue weighted by Crippen LogP contribution is -2.12. The van der Waals surface area contributed by atoms with Crippen molar-refractivity contribution in [2.45, 2.75) is 13.5 Å². The first-order valence-corrected chi connectivity index (χ1v) is 9.03. The minimum Gasteiger partial charge on any atom is -0.487 e. The number of rotatable bonds is 5. The summed E-state index contributed by atoms with van der Waals surface area (Å²) < 4.78 is 10.7. The SMILES string of the molecule is Cc1nc(COc2cccc(C(=O)Nc3ccc4oc(=O)[nH]c4c3)c2)cs1. The van der Waals surface area contributed by atoms with Crippen LogP contribution in [0.1, 0.15) is 21.1 Å². The summed E-state index contributed by atoms with van der Waals surface area (Å²) in [5.41, 5.74) is 2.82. The molecule has 2 N–H and O–H groups in total. The zero-order valence-corrected chi connectivity index (χ0v) is 15.1. The van der Waals surface area contributed by atoms with Crippen LogP contribution >= 0.6 is 11.3 Å². The molecule has 0 aliphatic carbocycles. The van der Waals surface area contributed by atoms with Gasteiger partial charge in [-0.05, 0) is 43.3 Å². The van der Waals surface area contributed by atoms with Gasteiger partial charge in [0, 0.05) is 16.6 Å². The zero-order chi connectivity index (χ0) is 18.8. The number of thiazole rings is 1. The molecular weight excluding hydrogens is 366 g/mol. The molecule has 0 saturated carbocycles. The predicted octanol–water partition coefficient (Wildman–Crippen LogP) is 3.72. The first kappa shape index (κ1) is 17.0. The van der Waals surface area contributed by atoms with Gasteiger partial charge in [-0.15, -0.1) is 11.3 Å². The van der Waals surface area contributed by atoms with Gasteiger partial charge in [0.15, 0.2) is 5.58 Å². The number of hydrogen-bond acceptors (Lipinski definition) is 6. The summed E-state index contributed by atoms with van der Waals surface area (Å²) >= 11 is 1.57. The van der Waals surface area contributed by atoms with E-state index in [0.717, 1.165) is 10.7 Å². The fourth-order valence-electron chi connectivity index (χ4n) is 2.59. The molecule has 4 aromatic rings. The number of aromatic nitrogens is 2. The van der Waals surface area contributed by atoms with Crippen LogP contribution in [0.3, 0.4) is 0 Å². The Bertz CT molecular complexity index is 1170. The lowest BCUT2D eigenvalue weighted by atomic mass is 10.2. The number of oxazole rings is 1. The molecule has 4 rings (SSSR count). The van der Waals surface area contributed by atoms with E-state index in [9.17, 15) is 9.59 Å². The quantitative estimate of drug-likeness (QED) is 0.549. The standard InChI is InChI=1S/C19H15N3O4S/c1-11-20-14(10-27-11)9-25-15-4-2-3-12(7-15)18(23)21-13-5-6-17-16(8-13)22-19(24)26-17/h2-8,10H,9H2,1H3,(H,21,23)(H,22,24). The van der Waals surface area contributed by atoms with Gasteiger partial charge in [-0.1, -0.05) is 6.07 Å². The topological polar surface area (TPSA) is 97.2 Å². The van der Waals surface area contributed by atoms with Crippen LogP contribution in [0.5, 0.6) is 5.75 Å². The summed E-state index contributed by atoms with van der Waals surface area (Å²) in [4.78, 5) is 30.6. The van der Waals surface area contributed by atoms with Crippen molar-refractivity contribution in [3.05, 3.63) is 74.7 Å². The third kappa shape index (κ3) is 3.90. The Kier molecular flexibility index (Phi) is 4.47. The number of H-pyrrole nitrogens is 1. The second-order valence-electron chi connectivity index (χ2n) is 5.85. The van der Waals surface area contributed by atoms with Crippen molar-refractivity contribution in [3.8, 4) is 5.75 Å². The number of nitrogens with one attached hydrogen (secondary N) is 2. The molecule has 2 aromatic carbocycles. The van der Waals surface area contributed by atoms with Crippen LogP contribution in [0.2, 0.25) is 0 Å². The Morgan fingerprint density at radius 2 is 2.19 bits per heavy atom. The molecule has 7 nitrogen and oxygen atoms in total. The van der Waals surface area contributed by atoms with E-state index in [0.29, 0.717) is 34.7 Å². The van der Waals surface area contributed by atoms with Gasteiger partial charge in [0.05, 0.1) is 16.2 Å². The van der Waals surface area contributed by atoms with Crippen molar-refractivity contribution in [3.63, 3.8) is 0 Å². The Morgan fingerprint density at radius 1 is 1.30 bits per heavy atom. The minimum absolute atomic E-state index is 0.282. The Balaban J connectivity index is 1.46. The maximum atomic E-state index is 12.5. The van der Waals surface area contributed by atoms with Gasteiger partial charge in [0.1, 0.15) is 12.4 Å². The Hall–Kier alpha value is -3.39. The van der Waals surface area contributed by atoms with Gasteiger partial charge in [0.25, 0.3) is 5.91 Å². The predicted molar refractivity (Wildman–Crippen MR) is 102 cm³/mol. The highest BCUT2D eigenvalue weighted by Gasteiger charge is 2.09. The Morgan fingerprint density at radius 3 is 3.00 bits per heavy atom. The lowest BCUT2D eigenvalue weighted by molar-refractivity contribution is 0.102. The van der Waals surface area contributed by atoms with Crippen molar-refractivity contribution in [1.82, 2.24) is 9.97 Å². The summed E-state index contributed by atoms with van der Waals surface area (Å²) in [6.45, 7) is 2.29. The molecule has 27 heavy (non-hydrogen) atoms. The number of anilines is 1. The van der Waals surface area contributed by atoms with Crippen LogP contribution in [0.15, 0.2) is 57.1 Å². The normalized spacial score (nSPS) is 10.9. The number of nitrogens with zero attached hydrogens (tertiary/aromatic N) is 1. The van der Waals surface area contributed by atoms with Crippen molar-refractivity contribution < 1.29 is 13.9 Å². The average Bonchev–Trinajstić information content (AvgIpc) is 3.24. The molecular formula is C19H15N3O4S. The monoisotopic (exact) mass is 381 g/mol. The second kappa shape index (κ2) is 7.08. The van der Waals surface area contributed by atoms with E-state index >= 15 is 0 Å². The number of carbonyl (C=O) groups excluding carboxylic acids is 1. The highest BCUT2D eigenvalue weighted by Crippen LogP contribution is 2.19. The molecule has 0 aliphatic rings. The summed E-state index contributed by atoms with van der Waals surface area (Å²) in [6, 6.07) is 11.9. The molecule has 2 aromatic heterocycles. The van der Waals surface area contributed by atoms with Crippen LogP contribution in [0.4, 0.5) is 5.69 Å². The van der Waals surface area contributed by atoms with Crippen LogP contribution in [0, 0.1) is 6.92 Å². The second-order valence-corrected chi connectivity index (χ2v) is 6.92. The van der Waals surface area contributed by atoms with Gasteiger partial charge in [-0.25, -0.2) is 9.78 Å². The number of benzene rings is 2. The van der Waals surface area contributed by atoms with E-state index < -0.39 is 5.76 Å². The number of aromatic amines is 1. The van der Waals surface area contributed by atoms with Gasteiger partial charge < -0.3 is 14.5 Å². The van der Waals surface area contributed by atoms with Crippen molar-refractivity contribution in [1.29, 1.82) is 0 Å². The van der Waals surface area contributed by atoms with Gasteiger partial charge in [-0.2, -0.15) is 0 Å². The molecule has 0 saturated heterocycles.